The van der Waals surface area contributed by atoms with Gasteiger partial charge < -0.3 is 15.8 Å². The molecular formula is C14H22N2O2. The Labute approximate surface area is 109 Å². The van der Waals surface area contributed by atoms with E-state index in [1.807, 2.05) is 38.1 Å². The lowest BCUT2D eigenvalue weighted by Gasteiger charge is -2.15. The fourth-order valence-electron chi connectivity index (χ4n) is 1.65. The molecule has 0 spiro atoms. The van der Waals surface area contributed by atoms with E-state index < -0.39 is 0 Å². The van der Waals surface area contributed by atoms with Crippen molar-refractivity contribution in [2.45, 2.75) is 38.8 Å². The number of carbonyl (C=O) groups is 1. The summed E-state index contributed by atoms with van der Waals surface area (Å²) in [6.07, 6.45) is 1.18. The summed E-state index contributed by atoms with van der Waals surface area (Å²) in [4.78, 5) is 11.7. The van der Waals surface area contributed by atoms with E-state index in [1.165, 1.54) is 0 Å². The Hall–Kier alpha value is -1.55. The predicted octanol–water partition coefficient (Wildman–Crippen LogP) is 2.00. The number of hydrogen-bond acceptors (Lipinski definition) is 3. The fourth-order valence-corrected chi connectivity index (χ4v) is 1.65. The summed E-state index contributed by atoms with van der Waals surface area (Å²) in [6, 6.07) is 7.74. The number of ether oxygens (including phenoxy) is 1. The van der Waals surface area contributed by atoms with Crippen molar-refractivity contribution in [3.8, 4) is 5.75 Å². The largest absolute Gasteiger partial charge is 0.497 e. The van der Waals surface area contributed by atoms with Crippen LogP contribution in [-0.2, 0) is 4.79 Å². The number of amides is 1. The lowest BCUT2D eigenvalue weighted by Crippen LogP contribution is -2.28. The van der Waals surface area contributed by atoms with Gasteiger partial charge in [-0.25, -0.2) is 0 Å². The lowest BCUT2D eigenvalue weighted by atomic mass is 10.1. The van der Waals surface area contributed by atoms with E-state index in [9.17, 15) is 4.79 Å². The molecule has 4 nitrogen and oxygen atoms in total. The highest BCUT2D eigenvalue weighted by molar-refractivity contribution is 5.76. The fraction of sp³-hybridized carbons (Fsp3) is 0.500. The molecular weight excluding hydrogens is 228 g/mol. The van der Waals surface area contributed by atoms with Crippen molar-refractivity contribution >= 4 is 5.91 Å². The third kappa shape index (κ3) is 4.75. The predicted molar refractivity (Wildman–Crippen MR) is 72.4 cm³/mol. The lowest BCUT2D eigenvalue weighted by molar-refractivity contribution is -0.121. The minimum atomic E-state index is -0.00325. The van der Waals surface area contributed by atoms with Crippen LogP contribution in [0.3, 0.4) is 0 Å². The summed E-state index contributed by atoms with van der Waals surface area (Å²) in [6.45, 7) is 3.87. The molecule has 1 amide bonds. The smallest absolute Gasteiger partial charge is 0.220 e. The number of benzene rings is 1. The number of methoxy groups -OCH3 is 1. The van der Waals surface area contributed by atoms with Gasteiger partial charge >= 0.3 is 0 Å². The zero-order valence-electron chi connectivity index (χ0n) is 11.3. The molecule has 2 atom stereocenters. The van der Waals surface area contributed by atoms with Crippen LogP contribution in [0.1, 0.15) is 38.3 Å². The first-order valence-electron chi connectivity index (χ1n) is 6.22. The van der Waals surface area contributed by atoms with Crippen molar-refractivity contribution in [1.29, 1.82) is 0 Å². The number of hydrogen-bond donors (Lipinski definition) is 2. The maximum Gasteiger partial charge on any atom is 0.220 e. The van der Waals surface area contributed by atoms with Crippen molar-refractivity contribution in [3.05, 3.63) is 29.8 Å². The Morgan fingerprint density at radius 2 is 1.94 bits per heavy atom. The molecule has 0 aromatic heterocycles. The maximum absolute atomic E-state index is 11.7. The van der Waals surface area contributed by atoms with E-state index in [0.717, 1.165) is 11.3 Å². The van der Waals surface area contributed by atoms with Gasteiger partial charge in [0.2, 0.25) is 5.91 Å². The minimum Gasteiger partial charge on any atom is -0.497 e. The molecule has 1 rings (SSSR count). The van der Waals surface area contributed by atoms with E-state index in [-0.39, 0.29) is 18.0 Å². The third-order valence-corrected chi connectivity index (χ3v) is 2.82. The summed E-state index contributed by atoms with van der Waals surface area (Å²) in [5.41, 5.74) is 6.68. The zero-order valence-corrected chi connectivity index (χ0v) is 11.3. The SMILES string of the molecule is COc1ccc([C@H](C)NC(=O)CCC(C)N)cc1. The number of nitrogens with two attached hydrogens (primary N) is 1. The second-order valence-electron chi connectivity index (χ2n) is 4.58. The molecule has 4 heteroatoms. The standard InChI is InChI=1S/C14H22N2O2/c1-10(15)4-9-14(17)16-11(2)12-5-7-13(18-3)8-6-12/h5-8,10-11H,4,9,15H2,1-3H3,(H,16,17)/t10?,11-/m0/s1. The first-order valence-corrected chi connectivity index (χ1v) is 6.22. The molecule has 1 aromatic carbocycles. The van der Waals surface area contributed by atoms with Gasteiger partial charge in [-0.05, 0) is 38.0 Å². The molecule has 0 radical (unpaired) electrons. The second-order valence-corrected chi connectivity index (χ2v) is 4.58. The number of carbonyl (C=O) groups excluding carboxylic acids is 1. The summed E-state index contributed by atoms with van der Waals surface area (Å²) < 4.78 is 5.09. The number of rotatable bonds is 6. The molecule has 0 fully saturated rings. The van der Waals surface area contributed by atoms with Crippen LogP contribution in [0.25, 0.3) is 0 Å². The van der Waals surface area contributed by atoms with E-state index in [2.05, 4.69) is 5.32 Å². The monoisotopic (exact) mass is 250 g/mol. The molecule has 0 bridgehead atoms. The zero-order chi connectivity index (χ0) is 13.5. The van der Waals surface area contributed by atoms with Gasteiger partial charge in [-0.15, -0.1) is 0 Å². The van der Waals surface area contributed by atoms with Gasteiger partial charge in [-0.3, -0.25) is 4.79 Å². The first kappa shape index (κ1) is 14.5. The quantitative estimate of drug-likeness (QED) is 0.811. The van der Waals surface area contributed by atoms with Gasteiger partial charge in [0.25, 0.3) is 0 Å². The molecule has 0 heterocycles. The highest BCUT2D eigenvalue weighted by Gasteiger charge is 2.10. The van der Waals surface area contributed by atoms with Gasteiger partial charge in [-0.1, -0.05) is 12.1 Å². The van der Waals surface area contributed by atoms with E-state index in [1.54, 1.807) is 7.11 Å². The molecule has 0 saturated heterocycles. The highest BCUT2D eigenvalue weighted by Crippen LogP contribution is 2.17. The average Bonchev–Trinajstić information content (AvgIpc) is 2.36. The van der Waals surface area contributed by atoms with E-state index >= 15 is 0 Å². The molecule has 0 aliphatic carbocycles. The first-order chi connectivity index (χ1) is 8.52. The van der Waals surface area contributed by atoms with Crippen LogP contribution < -0.4 is 15.8 Å². The van der Waals surface area contributed by atoms with Crippen molar-refractivity contribution in [2.24, 2.45) is 5.73 Å². The van der Waals surface area contributed by atoms with E-state index in [0.29, 0.717) is 12.8 Å². The van der Waals surface area contributed by atoms with Crippen LogP contribution in [0, 0.1) is 0 Å². The third-order valence-electron chi connectivity index (χ3n) is 2.82. The molecule has 1 aromatic rings. The summed E-state index contributed by atoms with van der Waals surface area (Å²) in [7, 11) is 1.63. The molecule has 0 saturated carbocycles. The number of nitrogens with one attached hydrogen (secondary N) is 1. The Morgan fingerprint density at radius 1 is 1.33 bits per heavy atom. The molecule has 100 valence electrons. The Bertz CT molecular complexity index is 374. The molecule has 18 heavy (non-hydrogen) atoms. The second kappa shape index (κ2) is 7.01. The van der Waals surface area contributed by atoms with Crippen molar-refractivity contribution in [2.75, 3.05) is 7.11 Å². The minimum absolute atomic E-state index is 0.00325. The van der Waals surface area contributed by atoms with Crippen molar-refractivity contribution in [3.63, 3.8) is 0 Å². The summed E-state index contributed by atoms with van der Waals surface area (Å²) in [5.74, 6) is 0.852. The molecule has 0 aliphatic heterocycles. The van der Waals surface area contributed by atoms with Crippen LogP contribution in [0.5, 0.6) is 5.75 Å². The van der Waals surface area contributed by atoms with Gasteiger partial charge in [0, 0.05) is 12.5 Å². The van der Waals surface area contributed by atoms with Crippen LogP contribution >= 0.6 is 0 Å². The molecule has 3 N–H and O–H groups in total. The van der Waals surface area contributed by atoms with Crippen LogP contribution in [-0.4, -0.2) is 19.1 Å². The normalized spacial score (nSPS) is 13.8. The van der Waals surface area contributed by atoms with Gasteiger partial charge in [-0.2, -0.15) is 0 Å². The van der Waals surface area contributed by atoms with Gasteiger partial charge in [0.05, 0.1) is 13.2 Å². The maximum atomic E-state index is 11.7. The molecule has 0 aliphatic rings. The van der Waals surface area contributed by atoms with Crippen molar-refractivity contribution < 1.29 is 9.53 Å². The van der Waals surface area contributed by atoms with Crippen molar-refractivity contribution in [1.82, 2.24) is 5.32 Å². The molecule has 1 unspecified atom stereocenters. The van der Waals surface area contributed by atoms with Crippen LogP contribution in [0.4, 0.5) is 0 Å². The highest BCUT2D eigenvalue weighted by atomic mass is 16.5. The Balaban J connectivity index is 2.48. The van der Waals surface area contributed by atoms with Gasteiger partial charge in [0.15, 0.2) is 0 Å². The van der Waals surface area contributed by atoms with Crippen LogP contribution in [0.15, 0.2) is 24.3 Å². The van der Waals surface area contributed by atoms with Crippen LogP contribution in [0.2, 0.25) is 0 Å². The summed E-state index contributed by atoms with van der Waals surface area (Å²) in [5, 5.41) is 2.95. The topological polar surface area (TPSA) is 64.3 Å². The Morgan fingerprint density at radius 3 is 2.44 bits per heavy atom. The Kier molecular flexibility index (Phi) is 5.65. The van der Waals surface area contributed by atoms with Gasteiger partial charge in [0.1, 0.15) is 5.75 Å². The van der Waals surface area contributed by atoms with E-state index in [4.69, 9.17) is 10.5 Å². The average molecular weight is 250 g/mol. The summed E-state index contributed by atoms with van der Waals surface area (Å²) >= 11 is 0.